The normalized spacial score (nSPS) is 16.8. The van der Waals surface area contributed by atoms with Crippen molar-refractivity contribution in [3.8, 4) is 34.5 Å². The molecule has 3 unspecified atom stereocenters. The van der Waals surface area contributed by atoms with Crippen LogP contribution in [0.2, 0.25) is 0 Å². The Balaban J connectivity index is 1.34. The number of carboxylic acids is 1. The lowest BCUT2D eigenvalue weighted by molar-refractivity contribution is -0.145. The third kappa shape index (κ3) is 6.05. The van der Waals surface area contributed by atoms with E-state index in [9.17, 15) is 14.7 Å². The Bertz CT molecular complexity index is 1760. The fraction of sp³-hybridized carbons (Fsp3) is 0.297. The van der Waals surface area contributed by atoms with E-state index < -0.39 is 24.0 Å². The highest BCUT2D eigenvalue weighted by Crippen LogP contribution is 2.47. The molecule has 1 heterocycles. The first-order valence-electron chi connectivity index (χ1n) is 15.3. The molecule has 0 spiro atoms. The lowest BCUT2D eigenvalue weighted by Crippen LogP contribution is -2.26. The van der Waals surface area contributed by atoms with Crippen LogP contribution in [0, 0.1) is 19.8 Å². The van der Waals surface area contributed by atoms with Gasteiger partial charge in [0.2, 0.25) is 12.9 Å². The monoisotopic (exact) mass is 624 g/mol. The van der Waals surface area contributed by atoms with E-state index >= 15 is 0 Å². The van der Waals surface area contributed by atoms with Crippen molar-refractivity contribution in [3.63, 3.8) is 0 Å². The predicted octanol–water partition coefficient (Wildman–Crippen LogP) is 6.94. The van der Waals surface area contributed by atoms with Crippen molar-refractivity contribution in [2.45, 2.75) is 45.6 Å². The second-order valence-electron chi connectivity index (χ2n) is 11.5. The topological polar surface area (TPSA) is 110 Å². The summed E-state index contributed by atoms with van der Waals surface area (Å²) in [6.45, 7) is 6.45. The highest BCUT2D eigenvalue weighted by atomic mass is 16.7. The summed E-state index contributed by atoms with van der Waals surface area (Å²) in [5.74, 6) is 0.0317. The zero-order valence-corrected chi connectivity index (χ0v) is 26.2. The quantitative estimate of drug-likeness (QED) is 0.140. The summed E-state index contributed by atoms with van der Waals surface area (Å²) >= 11 is 0. The van der Waals surface area contributed by atoms with Crippen molar-refractivity contribution in [1.29, 1.82) is 0 Å². The number of aryl methyl sites for hydroxylation is 2. The molecule has 0 aromatic heterocycles. The number of rotatable bonds is 11. The molecule has 46 heavy (non-hydrogen) atoms. The van der Waals surface area contributed by atoms with E-state index in [0.29, 0.717) is 35.8 Å². The number of fused-ring (bicyclic) bond motifs is 2. The molecule has 4 aromatic rings. The number of benzene rings is 4. The van der Waals surface area contributed by atoms with Gasteiger partial charge in [-0.15, -0.1) is 0 Å². The van der Waals surface area contributed by atoms with E-state index in [1.54, 1.807) is 12.1 Å². The van der Waals surface area contributed by atoms with Crippen molar-refractivity contribution in [3.05, 3.63) is 106 Å². The first-order chi connectivity index (χ1) is 22.3. The summed E-state index contributed by atoms with van der Waals surface area (Å²) in [6, 6.07) is 21.9. The van der Waals surface area contributed by atoms with E-state index in [1.807, 2.05) is 75.4 Å². The van der Waals surface area contributed by atoms with Gasteiger partial charge in [0.05, 0.1) is 19.6 Å². The molecular weight excluding hydrogens is 588 g/mol. The van der Waals surface area contributed by atoms with Crippen molar-refractivity contribution < 1.29 is 43.1 Å². The number of hydrogen-bond donors (Lipinski definition) is 1. The van der Waals surface area contributed by atoms with Gasteiger partial charge in [0.1, 0.15) is 11.5 Å². The number of aliphatic carboxylic acids is 1. The molecule has 1 aliphatic carbocycles. The van der Waals surface area contributed by atoms with Gasteiger partial charge in [0.25, 0.3) is 0 Å². The number of ether oxygens (including phenoxy) is 6. The van der Waals surface area contributed by atoms with E-state index in [1.165, 1.54) is 13.2 Å². The highest BCUT2D eigenvalue weighted by molar-refractivity contribution is 5.80. The van der Waals surface area contributed by atoms with Crippen LogP contribution < -0.4 is 28.4 Å². The molecule has 3 atom stereocenters. The summed E-state index contributed by atoms with van der Waals surface area (Å²) in [6.07, 6.45) is -0.0442. The van der Waals surface area contributed by atoms with Crippen LogP contribution in [0.5, 0.6) is 34.5 Å². The van der Waals surface area contributed by atoms with Gasteiger partial charge >= 0.3 is 11.9 Å². The number of hydrogen-bond acceptors (Lipinski definition) is 8. The molecule has 0 saturated heterocycles. The summed E-state index contributed by atoms with van der Waals surface area (Å²) in [7, 11) is 1.50. The van der Waals surface area contributed by atoms with Crippen molar-refractivity contribution in [2.24, 2.45) is 5.92 Å². The maximum Gasteiger partial charge on any atom is 0.349 e. The van der Waals surface area contributed by atoms with Crippen LogP contribution in [0.25, 0.3) is 0 Å². The number of carbonyl (C=O) groups excluding carboxylic acids is 1. The third-order valence-corrected chi connectivity index (χ3v) is 8.46. The van der Waals surface area contributed by atoms with E-state index in [4.69, 9.17) is 28.4 Å². The minimum Gasteiger partial charge on any atom is -0.497 e. The van der Waals surface area contributed by atoms with Gasteiger partial charge in [-0.05, 0) is 90.9 Å². The van der Waals surface area contributed by atoms with Gasteiger partial charge in [-0.2, -0.15) is 0 Å². The zero-order chi connectivity index (χ0) is 32.4. The molecule has 0 fully saturated rings. The summed E-state index contributed by atoms with van der Waals surface area (Å²) in [5, 5.41) is 10.2. The molecule has 0 radical (unpaired) electrons. The molecule has 0 saturated carbocycles. The van der Waals surface area contributed by atoms with Crippen LogP contribution in [0.15, 0.2) is 72.8 Å². The van der Waals surface area contributed by atoms with E-state index in [2.05, 4.69) is 0 Å². The van der Waals surface area contributed by atoms with Gasteiger partial charge in [0.15, 0.2) is 23.0 Å². The Labute approximate surface area is 267 Å². The van der Waals surface area contributed by atoms with Crippen molar-refractivity contribution >= 4 is 11.9 Å². The number of carbonyl (C=O) groups is 2. The zero-order valence-electron chi connectivity index (χ0n) is 26.2. The average Bonchev–Trinajstić information content (AvgIpc) is 3.68. The lowest BCUT2D eigenvalue weighted by atomic mass is 9.85. The largest absolute Gasteiger partial charge is 0.497 e. The fourth-order valence-corrected chi connectivity index (χ4v) is 6.26. The SMILES string of the molecule is CCCOc1ccc2c(c1)CC(C(=O)Oc1ccc(OC)cc1OC(C(=O)O)c1c(C)cccc1C)C2c1ccc2c(c1)OCO2. The molecule has 2 aliphatic rings. The molecular formula is C37H36O9. The average molecular weight is 625 g/mol. The molecule has 9 nitrogen and oxygen atoms in total. The van der Waals surface area contributed by atoms with Crippen LogP contribution >= 0.6 is 0 Å². The van der Waals surface area contributed by atoms with Crippen LogP contribution in [0.4, 0.5) is 0 Å². The Kier molecular flexibility index (Phi) is 8.74. The summed E-state index contributed by atoms with van der Waals surface area (Å²) in [5.41, 5.74) is 4.95. The Hall–Kier alpha value is -5.18. The Morgan fingerprint density at radius 2 is 1.67 bits per heavy atom. The number of carboxylic acid groups (broad SMARTS) is 1. The molecule has 4 aromatic carbocycles. The fourth-order valence-electron chi connectivity index (χ4n) is 6.26. The van der Waals surface area contributed by atoms with Crippen molar-refractivity contribution in [1.82, 2.24) is 0 Å². The van der Waals surface area contributed by atoms with Crippen LogP contribution in [0.3, 0.4) is 0 Å². The lowest BCUT2D eigenvalue weighted by Gasteiger charge is -2.23. The summed E-state index contributed by atoms with van der Waals surface area (Å²) in [4.78, 5) is 26.7. The first kappa shape index (κ1) is 30.8. The minimum absolute atomic E-state index is 0.0770. The second kappa shape index (κ2) is 13.0. The first-order valence-corrected chi connectivity index (χ1v) is 15.3. The second-order valence-corrected chi connectivity index (χ2v) is 11.5. The Morgan fingerprint density at radius 1 is 0.913 bits per heavy atom. The molecule has 0 bridgehead atoms. The van der Waals surface area contributed by atoms with Gasteiger partial charge in [-0.3, -0.25) is 4.79 Å². The van der Waals surface area contributed by atoms with Crippen LogP contribution in [0.1, 0.15) is 58.7 Å². The standard InChI is InChI=1S/C37H36O9/c1-5-15-42-26-10-12-27-24(16-26)17-28(34(27)23-9-13-29-31(18-23)44-20-43-29)37(40)46-30-14-11-25(41-4)19-32(30)45-35(36(38)39)33-21(2)7-6-8-22(33)3/h6-14,16,18-19,28,34-35H,5,15,17,20H2,1-4H3,(H,38,39). The van der Waals surface area contributed by atoms with Crippen molar-refractivity contribution in [2.75, 3.05) is 20.5 Å². The van der Waals surface area contributed by atoms with Gasteiger partial charge in [-0.25, -0.2) is 4.79 Å². The maximum absolute atomic E-state index is 14.1. The van der Waals surface area contributed by atoms with E-state index in [0.717, 1.165) is 40.0 Å². The molecule has 0 amide bonds. The third-order valence-electron chi connectivity index (χ3n) is 8.46. The predicted molar refractivity (Wildman–Crippen MR) is 169 cm³/mol. The smallest absolute Gasteiger partial charge is 0.349 e. The van der Waals surface area contributed by atoms with Gasteiger partial charge in [0, 0.05) is 17.5 Å². The van der Waals surface area contributed by atoms with Crippen LogP contribution in [-0.2, 0) is 16.0 Å². The number of methoxy groups -OCH3 is 1. The van der Waals surface area contributed by atoms with E-state index in [-0.39, 0.29) is 24.2 Å². The van der Waals surface area contributed by atoms with Crippen LogP contribution in [-0.4, -0.2) is 37.6 Å². The molecule has 1 aliphatic heterocycles. The Morgan fingerprint density at radius 3 is 2.41 bits per heavy atom. The highest BCUT2D eigenvalue weighted by Gasteiger charge is 2.41. The molecule has 9 heteroatoms. The minimum atomic E-state index is -1.34. The molecule has 1 N–H and O–H groups in total. The van der Waals surface area contributed by atoms with Gasteiger partial charge < -0.3 is 33.5 Å². The summed E-state index contributed by atoms with van der Waals surface area (Å²) < 4.78 is 34.7. The number of esters is 1. The maximum atomic E-state index is 14.1. The van der Waals surface area contributed by atoms with Gasteiger partial charge in [-0.1, -0.05) is 37.3 Å². The molecule has 238 valence electrons. The molecule has 6 rings (SSSR count).